The van der Waals surface area contributed by atoms with Gasteiger partial charge in [0.2, 0.25) is 5.95 Å². The predicted molar refractivity (Wildman–Crippen MR) is 78.4 cm³/mol. The van der Waals surface area contributed by atoms with Crippen molar-refractivity contribution in [3.8, 4) is 0 Å². The molecule has 1 heterocycles. The molecule has 2 rings (SSSR count). The molecule has 0 saturated heterocycles. The van der Waals surface area contributed by atoms with Crippen LogP contribution in [0.1, 0.15) is 11.1 Å². The number of aromatic nitrogens is 2. The molecular formula is C12H13IN4. The van der Waals surface area contributed by atoms with Gasteiger partial charge in [-0.2, -0.15) is 4.98 Å². The second kappa shape index (κ2) is 4.87. The van der Waals surface area contributed by atoms with Gasteiger partial charge in [-0.3, -0.25) is 0 Å². The van der Waals surface area contributed by atoms with E-state index < -0.39 is 0 Å². The zero-order chi connectivity index (χ0) is 12.4. The number of anilines is 3. The molecule has 3 N–H and O–H groups in total. The maximum absolute atomic E-state index is 5.55. The van der Waals surface area contributed by atoms with Crippen molar-refractivity contribution in [3.05, 3.63) is 39.1 Å². The van der Waals surface area contributed by atoms with Crippen molar-refractivity contribution in [2.45, 2.75) is 13.8 Å². The molecule has 4 nitrogen and oxygen atoms in total. The van der Waals surface area contributed by atoms with Crippen molar-refractivity contribution in [2.75, 3.05) is 11.1 Å². The lowest BCUT2D eigenvalue weighted by atomic mass is 10.1. The maximum Gasteiger partial charge on any atom is 0.221 e. The zero-order valence-corrected chi connectivity index (χ0v) is 11.8. The average Bonchev–Trinajstić information content (AvgIpc) is 2.23. The van der Waals surface area contributed by atoms with E-state index in [1.165, 1.54) is 14.7 Å². The minimum absolute atomic E-state index is 0.274. The van der Waals surface area contributed by atoms with Crippen LogP contribution in [0, 0.1) is 17.4 Å². The van der Waals surface area contributed by atoms with Crippen LogP contribution in [0.15, 0.2) is 24.4 Å². The highest BCUT2D eigenvalue weighted by Gasteiger charge is 2.05. The first-order valence-corrected chi connectivity index (χ1v) is 6.26. The van der Waals surface area contributed by atoms with Crippen LogP contribution in [0.4, 0.5) is 17.5 Å². The van der Waals surface area contributed by atoms with Crippen molar-refractivity contribution in [1.29, 1.82) is 0 Å². The first kappa shape index (κ1) is 12.1. The number of hydrogen-bond donors (Lipinski definition) is 2. The van der Waals surface area contributed by atoms with Gasteiger partial charge >= 0.3 is 0 Å². The molecule has 0 unspecified atom stereocenters. The number of rotatable bonds is 2. The molecule has 0 atom stereocenters. The van der Waals surface area contributed by atoms with Gasteiger partial charge in [0.15, 0.2) is 0 Å². The van der Waals surface area contributed by atoms with E-state index in [-0.39, 0.29) is 5.95 Å². The minimum atomic E-state index is 0.274. The van der Waals surface area contributed by atoms with Crippen LogP contribution in [-0.4, -0.2) is 9.97 Å². The zero-order valence-electron chi connectivity index (χ0n) is 9.66. The Hall–Kier alpha value is -1.37. The summed E-state index contributed by atoms with van der Waals surface area (Å²) in [5.74, 6) is 0.987. The van der Waals surface area contributed by atoms with Crippen molar-refractivity contribution >= 4 is 40.0 Å². The van der Waals surface area contributed by atoms with E-state index in [4.69, 9.17) is 5.73 Å². The average molecular weight is 340 g/mol. The van der Waals surface area contributed by atoms with Crippen LogP contribution in [0.3, 0.4) is 0 Å². The smallest absolute Gasteiger partial charge is 0.221 e. The van der Waals surface area contributed by atoms with Gasteiger partial charge in [-0.05, 0) is 65.8 Å². The molecule has 0 aliphatic rings. The molecular weight excluding hydrogens is 327 g/mol. The Labute approximate surface area is 114 Å². The molecule has 17 heavy (non-hydrogen) atoms. The molecule has 0 amide bonds. The van der Waals surface area contributed by atoms with E-state index in [1.54, 1.807) is 12.3 Å². The van der Waals surface area contributed by atoms with Crippen molar-refractivity contribution in [3.63, 3.8) is 0 Å². The third-order valence-corrected chi connectivity index (χ3v) is 3.05. The number of halogens is 1. The molecule has 1 aromatic heterocycles. The minimum Gasteiger partial charge on any atom is -0.368 e. The topological polar surface area (TPSA) is 63.8 Å². The summed E-state index contributed by atoms with van der Waals surface area (Å²) in [5.41, 5.74) is 9.00. The number of nitrogens with one attached hydrogen (secondary N) is 1. The monoisotopic (exact) mass is 340 g/mol. The standard InChI is InChI=1S/C12H13IN4/c1-7-5-9(13)6-8(2)11(7)16-10-3-4-15-12(14)17-10/h3-6H,1-2H3,(H3,14,15,16,17). The van der Waals surface area contributed by atoms with Crippen LogP contribution in [0.5, 0.6) is 0 Å². The number of nitrogens with two attached hydrogens (primary N) is 1. The van der Waals surface area contributed by atoms with Gasteiger partial charge in [-0.1, -0.05) is 0 Å². The van der Waals surface area contributed by atoms with E-state index in [9.17, 15) is 0 Å². The molecule has 0 aliphatic heterocycles. The van der Waals surface area contributed by atoms with Gasteiger partial charge < -0.3 is 11.1 Å². The number of nitrogen functional groups attached to an aromatic ring is 1. The number of aryl methyl sites for hydroxylation is 2. The highest BCUT2D eigenvalue weighted by atomic mass is 127. The quantitative estimate of drug-likeness (QED) is 0.825. The van der Waals surface area contributed by atoms with Crippen LogP contribution in [0.25, 0.3) is 0 Å². The van der Waals surface area contributed by atoms with Crippen molar-refractivity contribution in [2.24, 2.45) is 0 Å². The van der Waals surface area contributed by atoms with Gasteiger partial charge in [-0.25, -0.2) is 4.98 Å². The van der Waals surface area contributed by atoms with Gasteiger partial charge in [0.25, 0.3) is 0 Å². The molecule has 5 heteroatoms. The third kappa shape index (κ3) is 2.85. The maximum atomic E-state index is 5.55. The summed E-state index contributed by atoms with van der Waals surface area (Å²) in [7, 11) is 0. The number of hydrogen-bond acceptors (Lipinski definition) is 4. The van der Waals surface area contributed by atoms with Gasteiger partial charge in [-0.15, -0.1) is 0 Å². The molecule has 0 saturated carbocycles. The molecule has 0 radical (unpaired) electrons. The predicted octanol–water partition coefficient (Wildman–Crippen LogP) is 3.02. The van der Waals surface area contributed by atoms with Crippen LogP contribution < -0.4 is 11.1 Å². The Bertz CT molecular complexity index is 531. The van der Waals surface area contributed by atoms with Gasteiger partial charge in [0.05, 0.1) is 0 Å². The summed E-state index contributed by atoms with van der Waals surface area (Å²) in [4.78, 5) is 7.99. The first-order chi connectivity index (χ1) is 8.06. The molecule has 1 aromatic carbocycles. The fourth-order valence-electron chi connectivity index (χ4n) is 1.68. The second-order valence-electron chi connectivity index (χ2n) is 3.84. The fourth-order valence-corrected chi connectivity index (χ4v) is 2.61. The molecule has 88 valence electrons. The molecule has 0 bridgehead atoms. The van der Waals surface area contributed by atoms with Crippen molar-refractivity contribution in [1.82, 2.24) is 9.97 Å². The Morgan fingerprint density at radius 3 is 2.47 bits per heavy atom. The van der Waals surface area contributed by atoms with E-state index in [0.29, 0.717) is 5.82 Å². The van der Waals surface area contributed by atoms with E-state index >= 15 is 0 Å². The number of benzene rings is 1. The Morgan fingerprint density at radius 2 is 1.88 bits per heavy atom. The molecule has 0 spiro atoms. The summed E-state index contributed by atoms with van der Waals surface area (Å²) in [6, 6.07) is 6.05. The van der Waals surface area contributed by atoms with Crippen LogP contribution in [-0.2, 0) is 0 Å². The highest BCUT2D eigenvalue weighted by Crippen LogP contribution is 2.25. The molecule has 2 aromatic rings. The van der Waals surface area contributed by atoms with E-state index in [2.05, 4.69) is 63.9 Å². The lowest BCUT2D eigenvalue weighted by molar-refractivity contribution is 1.18. The molecule has 0 fully saturated rings. The summed E-state index contributed by atoms with van der Waals surface area (Å²) >= 11 is 2.31. The van der Waals surface area contributed by atoms with E-state index in [0.717, 1.165) is 5.69 Å². The largest absolute Gasteiger partial charge is 0.368 e. The van der Waals surface area contributed by atoms with Crippen LogP contribution >= 0.6 is 22.6 Å². The Balaban J connectivity index is 2.36. The third-order valence-electron chi connectivity index (χ3n) is 2.42. The Kier molecular flexibility index (Phi) is 3.46. The lowest BCUT2D eigenvalue weighted by Crippen LogP contribution is -2.01. The van der Waals surface area contributed by atoms with Crippen molar-refractivity contribution < 1.29 is 0 Å². The summed E-state index contributed by atoms with van der Waals surface area (Å²) < 4.78 is 1.23. The molecule has 0 aliphatic carbocycles. The first-order valence-electron chi connectivity index (χ1n) is 5.18. The lowest BCUT2D eigenvalue weighted by Gasteiger charge is -2.12. The number of nitrogens with zero attached hydrogens (tertiary/aromatic N) is 2. The summed E-state index contributed by atoms with van der Waals surface area (Å²) in [6.07, 6.45) is 1.64. The summed E-state index contributed by atoms with van der Waals surface area (Å²) in [6.45, 7) is 4.14. The fraction of sp³-hybridized carbons (Fsp3) is 0.167. The second-order valence-corrected chi connectivity index (χ2v) is 5.09. The normalized spacial score (nSPS) is 10.3. The van der Waals surface area contributed by atoms with Gasteiger partial charge in [0.1, 0.15) is 5.82 Å². The summed E-state index contributed by atoms with van der Waals surface area (Å²) in [5, 5.41) is 3.27. The van der Waals surface area contributed by atoms with Crippen LogP contribution in [0.2, 0.25) is 0 Å². The van der Waals surface area contributed by atoms with Gasteiger partial charge in [0, 0.05) is 15.5 Å². The Morgan fingerprint density at radius 1 is 1.24 bits per heavy atom. The highest BCUT2D eigenvalue weighted by molar-refractivity contribution is 14.1. The SMILES string of the molecule is Cc1cc(I)cc(C)c1Nc1ccnc(N)n1. The van der Waals surface area contributed by atoms with E-state index in [1.807, 2.05) is 0 Å².